The molecule has 0 aliphatic heterocycles. The van der Waals surface area contributed by atoms with E-state index in [2.05, 4.69) is 0 Å². The Labute approximate surface area is 115 Å². The summed E-state index contributed by atoms with van der Waals surface area (Å²) in [4.78, 5) is 33.5. The maximum absolute atomic E-state index is 11.4. The van der Waals surface area contributed by atoms with Gasteiger partial charge in [-0.3, -0.25) is 4.79 Å². The van der Waals surface area contributed by atoms with Crippen LogP contribution in [0.25, 0.3) is 0 Å². The van der Waals surface area contributed by atoms with Gasteiger partial charge in [0.15, 0.2) is 0 Å². The van der Waals surface area contributed by atoms with Gasteiger partial charge in [-0.05, 0) is 17.4 Å². The summed E-state index contributed by atoms with van der Waals surface area (Å²) in [5.74, 6) is -3.08. The molecule has 1 aromatic rings. The van der Waals surface area contributed by atoms with E-state index in [0.717, 1.165) is 6.07 Å². The molecule has 0 aromatic carbocycles. The smallest absolute Gasteiger partial charge is 0.372 e. The van der Waals surface area contributed by atoms with Gasteiger partial charge in [-0.15, -0.1) is 0 Å². The van der Waals surface area contributed by atoms with E-state index in [1.54, 1.807) is 20.8 Å². The number of carboxylic acids is 2. The number of carboxylic acid groups (broad SMARTS) is 2. The van der Waals surface area contributed by atoms with E-state index in [1.807, 2.05) is 0 Å². The first-order valence-electron chi connectivity index (χ1n) is 5.93. The summed E-state index contributed by atoms with van der Waals surface area (Å²) in [6, 6.07) is -0.130. The lowest BCUT2D eigenvalue weighted by Crippen LogP contribution is -2.34. The van der Waals surface area contributed by atoms with Gasteiger partial charge in [-0.1, -0.05) is 20.8 Å². The minimum absolute atomic E-state index is 0.145. The third-order valence-electron chi connectivity index (χ3n) is 2.74. The molecule has 1 aromatic heterocycles. The second kappa shape index (κ2) is 5.46. The lowest BCUT2D eigenvalue weighted by Gasteiger charge is -2.24. The molecule has 7 heteroatoms. The van der Waals surface area contributed by atoms with E-state index >= 15 is 0 Å². The normalized spacial score (nSPS) is 13.0. The predicted octanol–water partition coefficient (Wildman–Crippen LogP) is 0.590. The van der Waals surface area contributed by atoms with Crippen molar-refractivity contribution in [3.05, 3.63) is 33.4 Å². The summed E-state index contributed by atoms with van der Waals surface area (Å²) >= 11 is 0. The Bertz CT molecular complexity index is 596. The van der Waals surface area contributed by atoms with Crippen molar-refractivity contribution in [2.24, 2.45) is 5.73 Å². The van der Waals surface area contributed by atoms with Crippen molar-refractivity contribution in [1.29, 1.82) is 0 Å². The van der Waals surface area contributed by atoms with E-state index in [1.165, 1.54) is 0 Å². The van der Waals surface area contributed by atoms with Gasteiger partial charge in [-0.25, -0.2) is 9.59 Å². The fourth-order valence-corrected chi connectivity index (χ4v) is 2.00. The summed E-state index contributed by atoms with van der Waals surface area (Å²) in [7, 11) is 0. The third kappa shape index (κ3) is 3.45. The van der Waals surface area contributed by atoms with Crippen LogP contribution in [0.2, 0.25) is 0 Å². The molecule has 1 atom stereocenters. The van der Waals surface area contributed by atoms with Crippen LogP contribution in [-0.2, 0) is 16.6 Å². The summed E-state index contributed by atoms with van der Waals surface area (Å²) in [6.45, 7) is 5.22. The van der Waals surface area contributed by atoms with Crippen LogP contribution < -0.4 is 11.4 Å². The van der Waals surface area contributed by atoms with Gasteiger partial charge in [0.25, 0.3) is 0 Å². The molecule has 1 heterocycles. The Morgan fingerprint density at radius 3 is 2.30 bits per heavy atom. The quantitative estimate of drug-likeness (QED) is 0.736. The van der Waals surface area contributed by atoms with Crippen molar-refractivity contribution in [2.75, 3.05) is 0 Å². The number of hydrogen-bond acceptors (Lipinski definition) is 5. The van der Waals surface area contributed by atoms with Gasteiger partial charge in [0.1, 0.15) is 6.04 Å². The zero-order chi connectivity index (χ0) is 15.7. The lowest BCUT2D eigenvalue weighted by atomic mass is 9.81. The molecule has 1 unspecified atom stereocenters. The molecule has 20 heavy (non-hydrogen) atoms. The number of nitrogens with two attached hydrogens (primary N) is 1. The standard InChI is InChI=1S/C13H17NO6/c1-13(2,3)9-6(4-7(14)11(16)17)5-8(15)20-10(9)12(18)19/h5,7H,4,14H2,1-3H3,(H,16,17)(H,18,19). The second-order valence-corrected chi connectivity index (χ2v) is 5.50. The molecule has 0 saturated carbocycles. The van der Waals surface area contributed by atoms with E-state index in [4.69, 9.17) is 20.4 Å². The maximum Gasteiger partial charge on any atom is 0.372 e. The highest BCUT2D eigenvalue weighted by molar-refractivity contribution is 5.87. The van der Waals surface area contributed by atoms with Crippen molar-refractivity contribution in [3.8, 4) is 0 Å². The van der Waals surface area contributed by atoms with E-state index < -0.39 is 34.8 Å². The molecular weight excluding hydrogens is 266 g/mol. The Morgan fingerprint density at radius 2 is 1.90 bits per heavy atom. The highest BCUT2D eigenvalue weighted by atomic mass is 16.4. The highest BCUT2D eigenvalue weighted by Crippen LogP contribution is 2.29. The van der Waals surface area contributed by atoms with Gasteiger partial charge in [0.2, 0.25) is 5.76 Å². The van der Waals surface area contributed by atoms with E-state index in [9.17, 15) is 14.4 Å². The van der Waals surface area contributed by atoms with Gasteiger partial charge >= 0.3 is 17.6 Å². The molecule has 0 aliphatic carbocycles. The molecule has 0 aliphatic rings. The molecule has 0 saturated heterocycles. The Balaban J connectivity index is 3.53. The molecule has 0 radical (unpaired) electrons. The zero-order valence-corrected chi connectivity index (χ0v) is 11.5. The minimum Gasteiger partial charge on any atom is -0.480 e. The van der Waals surface area contributed by atoms with Crippen LogP contribution in [0.4, 0.5) is 0 Å². The van der Waals surface area contributed by atoms with Crippen LogP contribution in [0, 0.1) is 0 Å². The first-order valence-corrected chi connectivity index (χ1v) is 5.93. The summed E-state index contributed by atoms with van der Waals surface area (Å²) in [5.41, 5.74) is 4.53. The fraction of sp³-hybridized carbons (Fsp3) is 0.462. The van der Waals surface area contributed by atoms with E-state index in [0.29, 0.717) is 0 Å². The van der Waals surface area contributed by atoms with Gasteiger partial charge in [0.05, 0.1) is 0 Å². The Morgan fingerprint density at radius 1 is 1.35 bits per heavy atom. The molecule has 110 valence electrons. The van der Waals surface area contributed by atoms with Crippen molar-refractivity contribution < 1.29 is 24.2 Å². The highest BCUT2D eigenvalue weighted by Gasteiger charge is 2.29. The monoisotopic (exact) mass is 283 g/mol. The Kier molecular flexibility index (Phi) is 4.34. The third-order valence-corrected chi connectivity index (χ3v) is 2.74. The van der Waals surface area contributed by atoms with Crippen molar-refractivity contribution in [3.63, 3.8) is 0 Å². The van der Waals surface area contributed by atoms with Crippen LogP contribution >= 0.6 is 0 Å². The van der Waals surface area contributed by atoms with Crippen LogP contribution in [0.15, 0.2) is 15.3 Å². The fourth-order valence-electron chi connectivity index (χ4n) is 2.00. The van der Waals surface area contributed by atoms with E-state index in [-0.39, 0.29) is 17.5 Å². The molecule has 1 rings (SSSR count). The molecular formula is C13H17NO6. The summed E-state index contributed by atoms with van der Waals surface area (Å²) in [5, 5.41) is 18.0. The number of carbonyl (C=O) groups is 2. The topological polar surface area (TPSA) is 131 Å². The van der Waals surface area contributed by atoms with Crippen LogP contribution in [0.5, 0.6) is 0 Å². The average Bonchev–Trinajstić information content (AvgIpc) is 2.25. The van der Waals surface area contributed by atoms with Crippen molar-refractivity contribution in [1.82, 2.24) is 0 Å². The Hall–Kier alpha value is -2.15. The molecule has 7 nitrogen and oxygen atoms in total. The van der Waals surface area contributed by atoms with Gasteiger partial charge in [-0.2, -0.15) is 0 Å². The molecule has 0 fully saturated rings. The number of aliphatic carboxylic acids is 1. The first-order chi connectivity index (χ1) is 9.04. The lowest BCUT2D eigenvalue weighted by molar-refractivity contribution is -0.138. The van der Waals surface area contributed by atoms with Crippen LogP contribution in [0.1, 0.15) is 42.5 Å². The largest absolute Gasteiger partial charge is 0.480 e. The van der Waals surface area contributed by atoms with Crippen LogP contribution in [-0.4, -0.2) is 28.2 Å². The van der Waals surface area contributed by atoms with Crippen LogP contribution in [0.3, 0.4) is 0 Å². The van der Waals surface area contributed by atoms with Gasteiger partial charge < -0.3 is 20.4 Å². The average molecular weight is 283 g/mol. The van der Waals surface area contributed by atoms with Crippen molar-refractivity contribution in [2.45, 2.75) is 38.6 Å². The van der Waals surface area contributed by atoms with Gasteiger partial charge in [0, 0.05) is 11.6 Å². The SMILES string of the molecule is CC(C)(C)c1c(CC(N)C(=O)O)cc(=O)oc1C(=O)O. The number of hydrogen-bond donors (Lipinski definition) is 3. The molecule has 4 N–H and O–H groups in total. The molecule has 0 bridgehead atoms. The van der Waals surface area contributed by atoms with Crippen molar-refractivity contribution >= 4 is 11.9 Å². The molecule has 0 amide bonds. The first kappa shape index (κ1) is 15.9. The minimum atomic E-state index is -1.38. The second-order valence-electron chi connectivity index (χ2n) is 5.50. The summed E-state index contributed by atoms with van der Waals surface area (Å²) < 4.78 is 4.74. The summed E-state index contributed by atoms with van der Waals surface area (Å²) in [6.07, 6.45) is -0.145. The zero-order valence-electron chi connectivity index (χ0n) is 11.5. The predicted molar refractivity (Wildman–Crippen MR) is 70.0 cm³/mol. The molecule has 0 spiro atoms. The number of aromatic carboxylic acids is 1. The maximum atomic E-state index is 11.4. The number of rotatable bonds is 4.